The fourth-order valence-corrected chi connectivity index (χ4v) is 3.16. The first-order valence-electron chi connectivity index (χ1n) is 7.41. The zero-order valence-electron chi connectivity index (χ0n) is 12.2. The number of benzene rings is 1. The van der Waals surface area contributed by atoms with Crippen molar-refractivity contribution in [2.45, 2.75) is 38.1 Å². The Morgan fingerprint density at radius 2 is 2.25 bits per heavy atom. The summed E-state index contributed by atoms with van der Waals surface area (Å²) in [7, 11) is 1.99. The first-order valence-corrected chi connectivity index (χ1v) is 7.41. The van der Waals surface area contributed by atoms with E-state index in [0.29, 0.717) is 5.92 Å². The Labute approximate surface area is 120 Å². The standard InChI is InChI=1S/C16H22N4/c1-12(16-19-18-11-20(16)2)17-10-14-8-5-7-13-6-3-4-9-15(13)14/h3-4,6,9,11-12,14,17H,5,7-8,10H2,1-2H3. The summed E-state index contributed by atoms with van der Waals surface area (Å²) >= 11 is 0. The van der Waals surface area contributed by atoms with Crippen LogP contribution in [0.3, 0.4) is 0 Å². The highest BCUT2D eigenvalue weighted by Crippen LogP contribution is 2.31. The van der Waals surface area contributed by atoms with Gasteiger partial charge in [0.2, 0.25) is 0 Å². The molecule has 0 fully saturated rings. The van der Waals surface area contributed by atoms with Crippen LogP contribution < -0.4 is 5.32 Å². The zero-order valence-corrected chi connectivity index (χ0v) is 12.2. The van der Waals surface area contributed by atoms with E-state index in [1.165, 1.54) is 30.4 Å². The average molecular weight is 270 g/mol. The van der Waals surface area contributed by atoms with Crippen LogP contribution in [0.1, 0.15) is 48.7 Å². The Morgan fingerprint density at radius 1 is 1.40 bits per heavy atom. The van der Waals surface area contributed by atoms with Gasteiger partial charge in [0, 0.05) is 13.6 Å². The molecule has 1 heterocycles. The average Bonchev–Trinajstić information content (AvgIpc) is 2.91. The number of nitrogens with zero attached hydrogens (tertiary/aromatic N) is 3. The van der Waals surface area contributed by atoms with E-state index >= 15 is 0 Å². The van der Waals surface area contributed by atoms with Crippen LogP contribution in [0, 0.1) is 0 Å². The Kier molecular flexibility index (Phi) is 3.83. The van der Waals surface area contributed by atoms with E-state index in [2.05, 4.69) is 46.7 Å². The molecule has 1 aliphatic rings. The van der Waals surface area contributed by atoms with Crippen LogP contribution in [0.15, 0.2) is 30.6 Å². The molecule has 3 rings (SSSR count). The summed E-state index contributed by atoms with van der Waals surface area (Å²) in [5.41, 5.74) is 3.05. The zero-order chi connectivity index (χ0) is 13.9. The van der Waals surface area contributed by atoms with E-state index in [0.717, 1.165) is 12.4 Å². The maximum absolute atomic E-state index is 4.17. The summed E-state index contributed by atoms with van der Waals surface area (Å²) in [6.07, 6.45) is 5.55. The Balaban J connectivity index is 1.66. The largest absolute Gasteiger partial charge is 0.319 e. The molecule has 0 saturated carbocycles. The molecule has 1 aliphatic carbocycles. The van der Waals surface area contributed by atoms with Gasteiger partial charge in [0.05, 0.1) is 6.04 Å². The number of hydrogen-bond donors (Lipinski definition) is 1. The van der Waals surface area contributed by atoms with Crippen molar-refractivity contribution in [1.82, 2.24) is 20.1 Å². The van der Waals surface area contributed by atoms with Gasteiger partial charge in [-0.05, 0) is 43.2 Å². The van der Waals surface area contributed by atoms with E-state index in [1.54, 1.807) is 6.33 Å². The van der Waals surface area contributed by atoms with Crippen LogP contribution in [0.2, 0.25) is 0 Å². The third kappa shape index (κ3) is 2.61. The first kappa shape index (κ1) is 13.3. The Hall–Kier alpha value is -1.68. The number of fused-ring (bicyclic) bond motifs is 1. The van der Waals surface area contributed by atoms with Gasteiger partial charge in [-0.25, -0.2) is 0 Å². The van der Waals surface area contributed by atoms with E-state index in [1.807, 2.05) is 11.6 Å². The van der Waals surface area contributed by atoms with Crippen molar-refractivity contribution in [3.05, 3.63) is 47.5 Å². The van der Waals surface area contributed by atoms with Crippen molar-refractivity contribution >= 4 is 0 Å². The molecule has 0 aliphatic heterocycles. The minimum atomic E-state index is 0.233. The number of hydrogen-bond acceptors (Lipinski definition) is 3. The highest BCUT2D eigenvalue weighted by Gasteiger charge is 2.21. The predicted molar refractivity (Wildman–Crippen MR) is 79.5 cm³/mol. The number of aromatic nitrogens is 3. The summed E-state index contributed by atoms with van der Waals surface area (Å²) < 4.78 is 1.98. The fraction of sp³-hybridized carbons (Fsp3) is 0.500. The highest BCUT2D eigenvalue weighted by atomic mass is 15.3. The molecular formula is C16H22N4. The van der Waals surface area contributed by atoms with Crippen LogP contribution in [0.25, 0.3) is 0 Å². The summed E-state index contributed by atoms with van der Waals surface area (Å²) in [4.78, 5) is 0. The lowest BCUT2D eigenvalue weighted by Crippen LogP contribution is -2.28. The lowest BCUT2D eigenvalue weighted by molar-refractivity contribution is 0.457. The molecule has 1 aromatic carbocycles. The molecule has 0 saturated heterocycles. The molecule has 4 nitrogen and oxygen atoms in total. The SMILES string of the molecule is CC(NCC1CCCc2ccccc21)c1nncn1C. The van der Waals surface area contributed by atoms with Crippen LogP contribution in [0.5, 0.6) is 0 Å². The van der Waals surface area contributed by atoms with E-state index < -0.39 is 0 Å². The number of nitrogens with one attached hydrogen (secondary N) is 1. The van der Waals surface area contributed by atoms with Crippen molar-refractivity contribution in [3.63, 3.8) is 0 Å². The Morgan fingerprint density at radius 3 is 3.05 bits per heavy atom. The first-order chi connectivity index (χ1) is 9.75. The van der Waals surface area contributed by atoms with E-state index in [4.69, 9.17) is 0 Å². The lowest BCUT2D eigenvalue weighted by Gasteiger charge is -2.27. The van der Waals surface area contributed by atoms with Gasteiger partial charge in [0.1, 0.15) is 12.2 Å². The predicted octanol–water partition coefficient (Wildman–Crippen LogP) is 2.59. The molecule has 0 spiro atoms. The van der Waals surface area contributed by atoms with Crippen molar-refractivity contribution in [2.75, 3.05) is 6.54 Å². The van der Waals surface area contributed by atoms with Gasteiger partial charge in [-0.3, -0.25) is 0 Å². The normalized spacial score (nSPS) is 19.6. The van der Waals surface area contributed by atoms with Gasteiger partial charge in [-0.2, -0.15) is 0 Å². The molecule has 0 radical (unpaired) electrons. The van der Waals surface area contributed by atoms with Gasteiger partial charge < -0.3 is 9.88 Å². The maximum atomic E-state index is 4.17. The molecule has 106 valence electrons. The van der Waals surface area contributed by atoms with Gasteiger partial charge in [0.15, 0.2) is 0 Å². The molecule has 1 N–H and O–H groups in total. The smallest absolute Gasteiger partial charge is 0.149 e. The maximum Gasteiger partial charge on any atom is 0.149 e. The number of rotatable bonds is 4. The monoisotopic (exact) mass is 270 g/mol. The van der Waals surface area contributed by atoms with Crippen LogP contribution >= 0.6 is 0 Å². The van der Waals surface area contributed by atoms with Crippen molar-refractivity contribution in [2.24, 2.45) is 7.05 Å². The van der Waals surface area contributed by atoms with Crippen LogP contribution in [0.4, 0.5) is 0 Å². The summed E-state index contributed by atoms with van der Waals surface area (Å²) in [5, 5.41) is 11.7. The quantitative estimate of drug-likeness (QED) is 0.928. The third-order valence-corrected chi connectivity index (χ3v) is 4.30. The van der Waals surface area contributed by atoms with Gasteiger partial charge in [-0.1, -0.05) is 24.3 Å². The van der Waals surface area contributed by atoms with E-state index in [-0.39, 0.29) is 6.04 Å². The molecular weight excluding hydrogens is 248 g/mol. The molecule has 20 heavy (non-hydrogen) atoms. The number of aryl methyl sites for hydroxylation is 2. The van der Waals surface area contributed by atoms with Gasteiger partial charge >= 0.3 is 0 Å². The van der Waals surface area contributed by atoms with Crippen LogP contribution in [-0.4, -0.2) is 21.3 Å². The molecule has 2 aromatic rings. The molecule has 4 heteroatoms. The van der Waals surface area contributed by atoms with Crippen molar-refractivity contribution < 1.29 is 0 Å². The summed E-state index contributed by atoms with van der Waals surface area (Å²) in [6.45, 7) is 3.16. The second-order valence-electron chi connectivity index (χ2n) is 5.72. The second kappa shape index (κ2) is 5.75. The minimum Gasteiger partial charge on any atom is -0.319 e. The molecule has 1 aromatic heterocycles. The topological polar surface area (TPSA) is 42.7 Å². The van der Waals surface area contributed by atoms with Gasteiger partial charge in [-0.15, -0.1) is 10.2 Å². The highest BCUT2D eigenvalue weighted by molar-refractivity contribution is 5.32. The van der Waals surface area contributed by atoms with Crippen molar-refractivity contribution in [3.8, 4) is 0 Å². The van der Waals surface area contributed by atoms with Crippen LogP contribution in [-0.2, 0) is 13.5 Å². The summed E-state index contributed by atoms with van der Waals surface area (Å²) in [5.74, 6) is 1.62. The Bertz CT molecular complexity index is 575. The van der Waals surface area contributed by atoms with Gasteiger partial charge in [0.25, 0.3) is 0 Å². The minimum absolute atomic E-state index is 0.233. The van der Waals surface area contributed by atoms with E-state index in [9.17, 15) is 0 Å². The fourth-order valence-electron chi connectivity index (χ4n) is 3.16. The molecule has 2 atom stereocenters. The third-order valence-electron chi connectivity index (χ3n) is 4.30. The molecule has 2 unspecified atom stereocenters. The molecule has 0 bridgehead atoms. The summed E-state index contributed by atoms with van der Waals surface area (Å²) in [6, 6.07) is 9.10. The van der Waals surface area contributed by atoms with Crippen molar-refractivity contribution in [1.29, 1.82) is 0 Å². The molecule has 0 amide bonds. The lowest BCUT2D eigenvalue weighted by atomic mass is 9.83. The second-order valence-corrected chi connectivity index (χ2v) is 5.72.